The van der Waals surface area contributed by atoms with Crippen molar-refractivity contribution in [1.82, 2.24) is 10.3 Å². The van der Waals surface area contributed by atoms with E-state index in [1.165, 1.54) is 19.3 Å². The third kappa shape index (κ3) is 2.01. The highest BCUT2D eigenvalue weighted by molar-refractivity contribution is 5.97. The minimum absolute atomic E-state index is 0.000625. The van der Waals surface area contributed by atoms with E-state index < -0.39 is 0 Å². The number of rotatable bonds is 3. The molecule has 0 spiro atoms. The standard InChI is InChI=1S/C15H18N2O/c1-15(7-4-8-15)10-16-14(18)13-9-11-5-2-3-6-12(11)17-13/h2-3,5-6,9,17H,4,7-8,10H2,1H3,(H,16,18). The number of aromatic amines is 1. The normalized spacial score (nSPS) is 17.4. The van der Waals surface area contributed by atoms with Crippen LogP contribution in [0.25, 0.3) is 10.9 Å². The summed E-state index contributed by atoms with van der Waals surface area (Å²) >= 11 is 0. The summed E-state index contributed by atoms with van der Waals surface area (Å²) in [5, 5.41) is 4.11. The maximum atomic E-state index is 12.1. The van der Waals surface area contributed by atoms with Gasteiger partial charge in [0.1, 0.15) is 5.69 Å². The van der Waals surface area contributed by atoms with Gasteiger partial charge in [0.25, 0.3) is 5.91 Å². The van der Waals surface area contributed by atoms with Crippen molar-refractivity contribution in [2.45, 2.75) is 26.2 Å². The number of benzene rings is 1. The summed E-state index contributed by atoms with van der Waals surface area (Å²) in [5.41, 5.74) is 1.98. The highest BCUT2D eigenvalue weighted by Gasteiger charge is 2.32. The Bertz CT molecular complexity index is 548. The monoisotopic (exact) mass is 242 g/mol. The van der Waals surface area contributed by atoms with E-state index in [1.54, 1.807) is 0 Å². The van der Waals surface area contributed by atoms with Crippen LogP contribution in [-0.2, 0) is 0 Å². The zero-order valence-corrected chi connectivity index (χ0v) is 10.6. The van der Waals surface area contributed by atoms with Crippen molar-refractivity contribution in [1.29, 1.82) is 0 Å². The average molecular weight is 242 g/mol. The Morgan fingerprint density at radius 3 is 2.83 bits per heavy atom. The Labute approximate surface area is 107 Å². The second-order valence-electron chi connectivity index (χ2n) is 5.62. The Kier molecular flexibility index (Phi) is 2.62. The smallest absolute Gasteiger partial charge is 0.267 e. The first kappa shape index (κ1) is 11.3. The van der Waals surface area contributed by atoms with Gasteiger partial charge in [-0.25, -0.2) is 0 Å². The Hall–Kier alpha value is -1.77. The minimum atomic E-state index is -0.000625. The van der Waals surface area contributed by atoms with Gasteiger partial charge >= 0.3 is 0 Å². The lowest BCUT2D eigenvalue weighted by Crippen LogP contribution is -2.40. The van der Waals surface area contributed by atoms with Gasteiger partial charge in [-0.15, -0.1) is 0 Å². The fourth-order valence-corrected chi connectivity index (χ4v) is 2.54. The Balaban J connectivity index is 1.71. The Morgan fingerprint density at radius 1 is 1.39 bits per heavy atom. The first-order chi connectivity index (χ1) is 8.66. The van der Waals surface area contributed by atoms with E-state index in [-0.39, 0.29) is 5.91 Å². The van der Waals surface area contributed by atoms with Crippen molar-refractivity contribution in [3.63, 3.8) is 0 Å². The molecule has 0 bridgehead atoms. The van der Waals surface area contributed by atoms with Crippen LogP contribution in [0, 0.1) is 5.41 Å². The molecule has 1 aromatic carbocycles. The van der Waals surface area contributed by atoms with Gasteiger partial charge in [-0.05, 0) is 30.4 Å². The molecule has 1 aromatic heterocycles. The predicted octanol–water partition coefficient (Wildman–Crippen LogP) is 3.09. The van der Waals surface area contributed by atoms with Crippen LogP contribution in [0.5, 0.6) is 0 Å². The van der Waals surface area contributed by atoms with Crippen LogP contribution in [0.3, 0.4) is 0 Å². The van der Waals surface area contributed by atoms with E-state index in [0.29, 0.717) is 11.1 Å². The minimum Gasteiger partial charge on any atom is -0.351 e. The molecule has 0 unspecified atom stereocenters. The largest absolute Gasteiger partial charge is 0.351 e. The number of carbonyl (C=O) groups is 1. The fraction of sp³-hybridized carbons (Fsp3) is 0.400. The van der Waals surface area contributed by atoms with Gasteiger partial charge in [0.05, 0.1) is 0 Å². The molecule has 2 aromatic rings. The summed E-state index contributed by atoms with van der Waals surface area (Å²) in [6, 6.07) is 9.85. The van der Waals surface area contributed by atoms with Crippen molar-refractivity contribution < 1.29 is 4.79 Å². The summed E-state index contributed by atoms with van der Waals surface area (Å²) in [4.78, 5) is 15.2. The molecule has 3 heteroatoms. The SMILES string of the molecule is CC1(CNC(=O)c2cc3ccccc3[nH]2)CCC1. The summed E-state index contributed by atoms with van der Waals surface area (Å²) < 4.78 is 0. The molecule has 94 valence electrons. The quantitative estimate of drug-likeness (QED) is 0.853. The second-order valence-corrected chi connectivity index (χ2v) is 5.62. The van der Waals surface area contributed by atoms with E-state index in [0.717, 1.165) is 17.4 Å². The molecular formula is C15H18N2O. The van der Waals surface area contributed by atoms with Gasteiger partial charge in [0.15, 0.2) is 0 Å². The van der Waals surface area contributed by atoms with Crippen LogP contribution in [0.4, 0.5) is 0 Å². The third-order valence-corrected chi connectivity index (χ3v) is 4.01. The van der Waals surface area contributed by atoms with Crippen LogP contribution >= 0.6 is 0 Å². The summed E-state index contributed by atoms with van der Waals surface area (Å²) in [6.07, 6.45) is 3.73. The topological polar surface area (TPSA) is 44.9 Å². The van der Waals surface area contributed by atoms with Crippen molar-refractivity contribution in [2.24, 2.45) is 5.41 Å². The number of aromatic nitrogens is 1. The predicted molar refractivity (Wildman–Crippen MR) is 72.6 cm³/mol. The number of carbonyl (C=O) groups excluding carboxylic acids is 1. The average Bonchev–Trinajstić information content (AvgIpc) is 2.77. The molecule has 3 nitrogen and oxygen atoms in total. The number of amides is 1. The maximum absolute atomic E-state index is 12.1. The molecule has 1 aliphatic rings. The molecule has 1 aliphatic carbocycles. The number of nitrogens with one attached hydrogen (secondary N) is 2. The number of para-hydroxylation sites is 1. The first-order valence-electron chi connectivity index (χ1n) is 6.52. The number of H-pyrrole nitrogens is 1. The number of hydrogen-bond donors (Lipinski definition) is 2. The fourth-order valence-electron chi connectivity index (χ4n) is 2.54. The van der Waals surface area contributed by atoms with Gasteiger partial charge in [-0.3, -0.25) is 4.79 Å². The van der Waals surface area contributed by atoms with Gasteiger partial charge < -0.3 is 10.3 Å². The van der Waals surface area contributed by atoms with Crippen LogP contribution in [-0.4, -0.2) is 17.4 Å². The summed E-state index contributed by atoms with van der Waals surface area (Å²) in [5.74, 6) is -0.000625. The first-order valence-corrected chi connectivity index (χ1v) is 6.52. The van der Waals surface area contributed by atoms with Crippen molar-refractivity contribution in [3.05, 3.63) is 36.0 Å². The molecule has 1 heterocycles. The molecule has 2 N–H and O–H groups in total. The maximum Gasteiger partial charge on any atom is 0.267 e. The molecule has 0 atom stereocenters. The third-order valence-electron chi connectivity index (χ3n) is 4.01. The van der Waals surface area contributed by atoms with Gasteiger partial charge in [-0.2, -0.15) is 0 Å². The molecule has 0 radical (unpaired) electrons. The summed E-state index contributed by atoms with van der Waals surface area (Å²) in [6.45, 7) is 3.02. The molecule has 1 saturated carbocycles. The molecule has 0 aliphatic heterocycles. The van der Waals surface area contributed by atoms with E-state index in [4.69, 9.17) is 0 Å². The lowest BCUT2D eigenvalue weighted by Gasteiger charge is -2.38. The molecule has 18 heavy (non-hydrogen) atoms. The van der Waals surface area contributed by atoms with Gasteiger partial charge in [0.2, 0.25) is 0 Å². The van der Waals surface area contributed by atoms with Crippen molar-refractivity contribution in [2.75, 3.05) is 6.54 Å². The van der Waals surface area contributed by atoms with Crippen LogP contribution in [0.15, 0.2) is 30.3 Å². The molecule has 3 rings (SSSR count). The zero-order chi connectivity index (χ0) is 12.6. The lowest BCUT2D eigenvalue weighted by molar-refractivity contribution is 0.0887. The number of hydrogen-bond acceptors (Lipinski definition) is 1. The zero-order valence-electron chi connectivity index (χ0n) is 10.6. The van der Waals surface area contributed by atoms with E-state index >= 15 is 0 Å². The molecular weight excluding hydrogens is 224 g/mol. The highest BCUT2D eigenvalue weighted by Crippen LogP contribution is 2.39. The number of fused-ring (bicyclic) bond motifs is 1. The lowest BCUT2D eigenvalue weighted by atomic mass is 9.70. The van der Waals surface area contributed by atoms with Gasteiger partial charge in [0, 0.05) is 17.4 Å². The highest BCUT2D eigenvalue weighted by atomic mass is 16.1. The molecule has 1 amide bonds. The second kappa shape index (κ2) is 4.16. The van der Waals surface area contributed by atoms with E-state index in [9.17, 15) is 4.79 Å². The van der Waals surface area contributed by atoms with Gasteiger partial charge in [-0.1, -0.05) is 31.5 Å². The van der Waals surface area contributed by atoms with Crippen LogP contribution in [0.2, 0.25) is 0 Å². The van der Waals surface area contributed by atoms with Crippen LogP contribution < -0.4 is 5.32 Å². The Morgan fingerprint density at radius 2 is 2.17 bits per heavy atom. The summed E-state index contributed by atoms with van der Waals surface area (Å²) in [7, 11) is 0. The van der Waals surface area contributed by atoms with Crippen molar-refractivity contribution >= 4 is 16.8 Å². The van der Waals surface area contributed by atoms with Crippen molar-refractivity contribution in [3.8, 4) is 0 Å². The van der Waals surface area contributed by atoms with Crippen LogP contribution in [0.1, 0.15) is 36.7 Å². The molecule has 0 saturated heterocycles. The molecule has 1 fully saturated rings. The van der Waals surface area contributed by atoms with E-state index in [1.807, 2.05) is 30.3 Å². The van der Waals surface area contributed by atoms with E-state index in [2.05, 4.69) is 17.2 Å².